The summed E-state index contributed by atoms with van der Waals surface area (Å²) in [5, 5.41) is 14.1. The van der Waals surface area contributed by atoms with Crippen LogP contribution in [0.1, 0.15) is 23.6 Å². The summed E-state index contributed by atoms with van der Waals surface area (Å²) in [5.41, 5.74) is 0.649. The van der Waals surface area contributed by atoms with Crippen molar-refractivity contribution < 1.29 is 18.1 Å². The molecule has 0 aromatic heterocycles. The van der Waals surface area contributed by atoms with E-state index in [9.17, 15) is 23.3 Å². The molecule has 0 aliphatic carbocycles. The molecule has 1 atom stereocenters. The zero-order chi connectivity index (χ0) is 16.3. The number of aryl methyl sites for hydroxylation is 1. The monoisotopic (exact) mass is 389 g/mol. The lowest BCUT2D eigenvalue weighted by molar-refractivity contribution is -0.385. The molecule has 2 rings (SSSR count). The van der Waals surface area contributed by atoms with E-state index in [0.717, 1.165) is 0 Å². The Morgan fingerprint density at radius 1 is 1.29 bits per heavy atom. The van der Waals surface area contributed by atoms with E-state index in [4.69, 9.17) is 0 Å². The van der Waals surface area contributed by atoms with Gasteiger partial charge in [0.15, 0.2) is 0 Å². The Hall–Kier alpha value is -1.09. The minimum Gasteiger partial charge on any atom is -0.314 e. The van der Waals surface area contributed by atoms with Crippen LogP contribution in [-0.4, -0.2) is 42.2 Å². The molecular formula is C14H20Cl2F3N3O2. The van der Waals surface area contributed by atoms with Gasteiger partial charge in [-0.1, -0.05) is 12.1 Å². The number of piperazine rings is 1. The van der Waals surface area contributed by atoms with Crippen LogP contribution in [0.3, 0.4) is 0 Å². The Kier molecular flexibility index (Phi) is 8.98. The lowest BCUT2D eigenvalue weighted by atomic mass is 9.98. The van der Waals surface area contributed by atoms with Crippen molar-refractivity contribution in [2.45, 2.75) is 25.6 Å². The van der Waals surface area contributed by atoms with E-state index in [-0.39, 0.29) is 30.5 Å². The van der Waals surface area contributed by atoms with Crippen molar-refractivity contribution in [3.63, 3.8) is 0 Å². The minimum atomic E-state index is -4.32. The second-order valence-corrected chi connectivity index (χ2v) is 5.42. The first-order valence-corrected chi connectivity index (χ1v) is 7.04. The summed E-state index contributed by atoms with van der Waals surface area (Å²) in [5.74, 6) is 0. The van der Waals surface area contributed by atoms with Crippen LogP contribution in [-0.2, 0) is 0 Å². The second kappa shape index (κ2) is 9.41. The van der Waals surface area contributed by atoms with Crippen molar-refractivity contribution in [3.05, 3.63) is 39.4 Å². The Bertz CT molecular complexity index is 553. The molecule has 0 saturated carbocycles. The molecule has 1 fully saturated rings. The van der Waals surface area contributed by atoms with E-state index in [1.165, 1.54) is 12.1 Å². The highest BCUT2D eigenvalue weighted by atomic mass is 35.5. The number of benzene rings is 1. The van der Waals surface area contributed by atoms with Crippen molar-refractivity contribution in [1.29, 1.82) is 0 Å². The van der Waals surface area contributed by atoms with Gasteiger partial charge in [0.1, 0.15) is 0 Å². The molecule has 0 radical (unpaired) electrons. The maximum atomic E-state index is 12.9. The molecule has 10 heteroatoms. The van der Waals surface area contributed by atoms with Crippen LogP contribution in [0.4, 0.5) is 18.9 Å². The first-order chi connectivity index (χ1) is 10.3. The van der Waals surface area contributed by atoms with E-state index < -0.39 is 23.6 Å². The van der Waals surface area contributed by atoms with Gasteiger partial charge in [0.2, 0.25) is 0 Å². The summed E-state index contributed by atoms with van der Waals surface area (Å²) < 4.78 is 38.7. The van der Waals surface area contributed by atoms with Crippen LogP contribution in [0.5, 0.6) is 0 Å². The van der Waals surface area contributed by atoms with Crippen molar-refractivity contribution in [3.8, 4) is 0 Å². The van der Waals surface area contributed by atoms with Crippen molar-refractivity contribution in [2.24, 2.45) is 0 Å². The molecule has 0 bridgehead atoms. The molecule has 1 aliphatic heterocycles. The highest BCUT2D eigenvalue weighted by molar-refractivity contribution is 5.85. The Morgan fingerprint density at radius 2 is 1.88 bits per heavy atom. The van der Waals surface area contributed by atoms with Gasteiger partial charge in [0.05, 0.1) is 11.3 Å². The van der Waals surface area contributed by atoms with Gasteiger partial charge in [-0.3, -0.25) is 15.0 Å². The normalized spacial score (nSPS) is 16.7. The van der Waals surface area contributed by atoms with Crippen LogP contribution in [0.2, 0.25) is 0 Å². The van der Waals surface area contributed by atoms with Gasteiger partial charge in [-0.2, -0.15) is 13.2 Å². The molecule has 0 spiro atoms. The minimum absolute atomic E-state index is 0. The molecule has 1 aromatic carbocycles. The van der Waals surface area contributed by atoms with Crippen molar-refractivity contribution >= 4 is 30.5 Å². The van der Waals surface area contributed by atoms with Crippen LogP contribution in [0, 0.1) is 17.0 Å². The molecule has 1 heterocycles. The van der Waals surface area contributed by atoms with Crippen molar-refractivity contribution in [2.75, 3.05) is 26.2 Å². The molecular weight excluding hydrogens is 370 g/mol. The van der Waals surface area contributed by atoms with Crippen LogP contribution in [0.15, 0.2) is 18.2 Å². The number of hydrogen-bond donors (Lipinski definition) is 1. The SMILES string of the molecule is Cc1ccc([C@@H](CC(F)(F)F)N2CCNCC2)cc1[N+](=O)[O-].Cl.Cl. The van der Waals surface area contributed by atoms with Gasteiger partial charge in [-0.25, -0.2) is 0 Å². The maximum absolute atomic E-state index is 12.9. The number of nitrogens with zero attached hydrogens (tertiary/aromatic N) is 2. The summed E-state index contributed by atoms with van der Waals surface area (Å²) in [6.45, 7) is 3.78. The summed E-state index contributed by atoms with van der Waals surface area (Å²) in [4.78, 5) is 12.2. The predicted molar refractivity (Wildman–Crippen MR) is 90.2 cm³/mol. The predicted octanol–water partition coefficient (Wildman–Crippen LogP) is 3.65. The smallest absolute Gasteiger partial charge is 0.314 e. The number of nitro groups is 1. The van der Waals surface area contributed by atoms with E-state index in [2.05, 4.69) is 5.32 Å². The molecule has 1 N–H and O–H groups in total. The lowest BCUT2D eigenvalue weighted by Crippen LogP contribution is -2.46. The third-order valence-corrected chi connectivity index (χ3v) is 3.83. The zero-order valence-corrected chi connectivity index (χ0v) is 14.6. The highest BCUT2D eigenvalue weighted by Crippen LogP contribution is 2.35. The standard InChI is InChI=1S/C14H18F3N3O2.2ClH/c1-10-2-3-11(8-12(10)20(21)22)13(9-14(15,16)17)19-6-4-18-5-7-19;;/h2-3,8,13,18H,4-7,9H2,1H3;2*1H/t13-;;/m1../s1. The average molecular weight is 390 g/mol. The summed E-state index contributed by atoms with van der Waals surface area (Å²) in [7, 11) is 0. The van der Waals surface area contributed by atoms with E-state index in [1.807, 2.05) is 0 Å². The summed E-state index contributed by atoms with van der Waals surface area (Å²) >= 11 is 0. The number of hydrogen-bond acceptors (Lipinski definition) is 4. The van der Waals surface area contributed by atoms with Gasteiger partial charge >= 0.3 is 6.18 Å². The molecule has 5 nitrogen and oxygen atoms in total. The largest absolute Gasteiger partial charge is 0.390 e. The fourth-order valence-corrected chi connectivity index (χ4v) is 2.70. The van der Waals surface area contributed by atoms with Crippen molar-refractivity contribution in [1.82, 2.24) is 10.2 Å². The highest BCUT2D eigenvalue weighted by Gasteiger charge is 2.36. The van der Waals surface area contributed by atoms with Gasteiger partial charge in [0, 0.05) is 43.9 Å². The van der Waals surface area contributed by atoms with Crippen LogP contribution < -0.4 is 5.32 Å². The fraction of sp³-hybridized carbons (Fsp3) is 0.571. The Balaban J connectivity index is 0.00000264. The number of halogens is 5. The Morgan fingerprint density at radius 3 is 2.38 bits per heavy atom. The van der Waals surface area contributed by atoms with E-state index >= 15 is 0 Å². The fourth-order valence-electron chi connectivity index (χ4n) is 2.70. The summed E-state index contributed by atoms with van der Waals surface area (Å²) in [6, 6.07) is 3.45. The Labute approximate surface area is 150 Å². The van der Waals surface area contributed by atoms with E-state index in [0.29, 0.717) is 37.3 Å². The molecule has 1 aromatic rings. The zero-order valence-electron chi connectivity index (χ0n) is 13.0. The van der Waals surface area contributed by atoms with Gasteiger partial charge in [-0.05, 0) is 12.5 Å². The number of rotatable bonds is 4. The molecule has 0 unspecified atom stereocenters. The third kappa shape index (κ3) is 6.08. The van der Waals surface area contributed by atoms with Gasteiger partial charge < -0.3 is 5.32 Å². The topological polar surface area (TPSA) is 58.4 Å². The van der Waals surface area contributed by atoms with Gasteiger partial charge in [0.25, 0.3) is 5.69 Å². The number of alkyl halides is 3. The molecule has 1 saturated heterocycles. The molecule has 24 heavy (non-hydrogen) atoms. The van der Waals surface area contributed by atoms with E-state index in [1.54, 1.807) is 17.9 Å². The number of nitrogens with one attached hydrogen (secondary N) is 1. The molecule has 0 amide bonds. The molecule has 1 aliphatic rings. The first kappa shape index (κ1) is 22.9. The van der Waals surface area contributed by atoms with Crippen LogP contribution in [0.25, 0.3) is 0 Å². The van der Waals surface area contributed by atoms with Gasteiger partial charge in [-0.15, -0.1) is 24.8 Å². The quantitative estimate of drug-likeness (QED) is 0.630. The third-order valence-electron chi connectivity index (χ3n) is 3.83. The second-order valence-electron chi connectivity index (χ2n) is 5.42. The maximum Gasteiger partial charge on any atom is 0.390 e. The first-order valence-electron chi connectivity index (χ1n) is 7.04. The molecule has 138 valence electrons. The van der Waals surface area contributed by atoms with Crippen LogP contribution >= 0.6 is 24.8 Å². The summed E-state index contributed by atoms with van der Waals surface area (Å²) in [6.07, 6.45) is -5.33. The average Bonchev–Trinajstić information content (AvgIpc) is 2.45. The lowest BCUT2D eigenvalue weighted by Gasteiger charge is -2.35. The number of nitro benzene ring substituents is 1.